The Morgan fingerprint density at radius 2 is 1.50 bits per heavy atom. The van der Waals surface area contributed by atoms with Crippen LogP contribution in [-0.2, 0) is 15.8 Å². The third-order valence-electron chi connectivity index (χ3n) is 8.45. The van der Waals surface area contributed by atoms with Gasteiger partial charge in [-0.2, -0.15) is 0 Å². The molecule has 0 saturated carbocycles. The molecule has 0 bridgehead atoms. The Labute approximate surface area is 262 Å². The predicted octanol–water partition coefficient (Wildman–Crippen LogP) is 7.20. The number of benzene rings is 4. The van der Waals surface area contributed by atoms with Crippen molar-refractivity contribution in [1.29, 1.82) is 0 Å². The number of carbonyl (C=O) groups is 1. The highest BCUT2D eigenvalue weighted by molar-refractivity contribution is 6.99. The molecule has 0 radical (unpaired) electrons. The Morgan fingerprint density at radius 3 is 2.09 bits per heavy atom. The molecular weight excluding hydrogens is 565 g/mol. The van der Waals surface area contributed by atoms with Crippen LogP contribution in [0.3, 0.4) is 0 Å². The van der Waals surface area contributed by atoms with E-state index >= 15 is 0 Å². The minimum atomic E-state index is -2.58. The molecule has 1 aliphatic rings. The summed E-state index contributed by atoms with van der Waals surface area (Å²) in [4.78, 5) is 12.9. The van der Waals surface area contributed by atoms with E-state index in [4.69, 9.17) is 13.9 Å². The molecule has 6 nitrogen and oxygen atoms in total. The first kappa shape index (κ1) is 31.4. The van der Waals surface area contributed by atoms with Crippen molar-refractivity contribution in [3.63, 3.8) is 0 Å². The molecule has 0 spiro atoms. The summed E-state index contributed by atoms with van der Waals surface area (Å²) in [6, 6.07) is 37.2. The standard InChI is InChI=1S/C37H44N2O4Si/c1-37(2,3)44(31-18-10-6-11-19-31,32-20-12-7-13-21-32)43-24-14-17-29-25-35(33-26-30(41-4)22-23-34(33)38-29)39-36(40)42-27-28-15-8-5-9-16-28/h5-13,15-16,18-23,26,29,35,38H,14,17,24-25,27H2,1-4H3,(H,39,40)/t29-,35+/m1/s1. The number of alkyl carbamates (subject to hydrolysis) is 1. The summed E-state index contributed by atoms with van der Waals surface area (Å²) in [6.07, 6.45) is 2.10. The predicted molar refractivity (Wildman–Crippen MR) is 180 cm³/mol. The molecule has 1 heterocycles. The first-order chi connectivity index (χ1) is 21.3. The molecule has 4 aromatic rings. The maximum absolute atomic E-state index is 12.9. The van der Waals surface area contributed by atoms with Crippen molar-refractivity contribution in [2.24, 2.45) is 0 Å². The second-order valence-electron chi connectivity index (χ2n) is 12.4. The van der Waals surface area contributed by atoms with Crippen LogP contribution in [0.1, 0.15) is 57.2 Å². The maximum atomic E-state index is 12.9. The van der Waals surface area contributed by atoms with Gasteiger partial charge in [0.25, 0.3) is 8.32 Å². The van der Waals surface area contributed by atoms with E-state index in [1.54, 1.807) is 7.11 Å². The van der Waals surface area contributed by atoms with Gasteiger partial charge < -0.3 is 24.5 Å². The van der Waals surface area contributed by atoms with Gasteiger partial charge in [-0.1, -0.05) is 112 Å². The lowest BCUT2D eigenvalue weighted by molar-refractivity contribution is 0.134. The number of hydrogen-bond donors (Lipinski definition) is 2. The number of ether oxygens (including phenoxy) is 2. The van der Waals surface area contributed by atoms with Crippen molar-refractivity contribution >= 4 is 30.5 Å². The van der Waals surface area contributed by atoms with Gasteiger partial charge >= 0.3 is 6.09 Å². The second kappa shape index (κ2) is 14.1. The molecule has 4 aromatic carbocycles. The van der Waals surface area contributed by atoms with Crippen LogP contribution >= 0.6 is 0 Å². The Bertz CT molecular complexity index is 1450. The number of fused-ring (bicyclic) bond motifs is 1. The molecule has 2 atom stereocenters. The summed E-state index contributed by atoms with van der Waals surface area (Å²) >= 11 is 0. The van der Waals surface area contributed by atoms with Crippen molar-refractivity contribution in [2.75, 3.05) is 19.0 Å². The molecule has 0 saturated heterocycles. The fraction of sp³-hybridized carbons (Fsp3) is 0.324. The van der Waals surface area contributed by atoms with E-state index in [0.717, 1.165) is 41.8 Å². The van der Waals surface area contributed by atoms with Crippen LogP contribution in [0.2, 0.25) is 5.04 Å². The van der Waals surface area contributed by atoms with Crippen LogP contribution in [0.5, 0.6) is 5.75 Å². The van der Waals surface area contributed by atoms with Gasteiger partial charge in [-0.3, -0.25) is 0 Å². The molecule has 44 heavy (non-hydrogen) atoms. The third-order valence-corrected chi connectivity index (χ3v) is 13.5. The van der Waals surface area contributed by atoms with Crippen molar-refractivity contribution < 1.29 is 18.7 Å². The van der Waals surface area contributed by atoms with Crippen molar-refractivity contribution in [3.05, 3.63) is 120 Å². The third kappa shape index (κ3) is 7.17. The van der Waals surface area contributed by atoms with Crippen LogP contribution in [0.15, 0.2) is 109 Å². The van der Waals surface area contributed by atoms with Gasteiger partial charge in [0.05, 0.1) is 13.2 Å². The topological polar surface area (TPSA) is 68.8 Å². The van der Waals surface area contributed by atoms with Gasteiger partial charge in [-0.05, 0) is 58.4 Å². The van der Waals surface area contributed by atoms with Crippen LogP contribution in [0, 0.1) is 0 Å². The fourth-order valence-corrected chi connectivity index (χ4v) is 10.9. The average Bonchev–Trinajstić information content (AvgIpc) is 3.04. The van der Waals surface area contributed by atoms with Crippen molar-refractivity contribution in [1.82, 2.24) is 5.32 Å². The summed E-state index contributed by atoms with van der Waals surface area (Å²) in [5.74, 6) is 0.757. The zero-order valence-electron chi connectivity index (χ0n) is 26.2. The molecule has 0 unspecified atom stereocenters. The van der Waals surface area contributed by atoms with Gasteiger partial charge in [0.1, 0.15) is 12.4 Å². The summed E-state index contributed by atoms with van der Waals surface area (Å²) in [7, 11) is -0.929. The molecule has 0 fully saturated rings. The first-order valence-corrected chi connectivity index (χ1v) is 17.4. The lowest BCUT2D eigenvalue weighted by atomic mass is 9.90. The SMILES string of the molecule is COc1ccc2c(c1)[C@@H](NC(=O)OCc1ccccc1)C[C@@H](CCCO[Si](c1ccccc1)(c1ccccc1)C(C)(C)C)N2. The number of hydrogen-bond acceptors (Lipinski definition) is 5. The molecule has 1 amide bonds. The van der Waals surface area contributed by atoms with E-state index in [0.29, 0.717) is 6.61 Å². The second-order valence-corrected chi connectivity index (χ2v) is 16.7. The van der Waals surface area contributed by atoms with Gasteiger partial charge in [0, 0.05) is 23.9 Å². The quantitative estimate of drug-likeness (QED) is 0.139. The van der Waals surface area contributed by atoms with Gasteiger partial charge in [-0.15, -0.1) is 0 Å². The Kier molecular flexibility index (Phi) is 10.1. The van der Waals surface area contributed by atoms with Crippen molar-refractivity contribution in [3.8, 4) is 5.75 Å². The van der Waals surface area contributed by atoms with Gasteiger partial charge in [0.15, 0.2) is 0 Å². The highest BCUT2D eigenvalue weighted by Gasteiger charge is 2.50. The highest BCUT2D eigenvalue weighted by Crippen LogP contribution is 2.38. The Morgan fingerprint density at radius 1 is 0.886 bits per heavy atom. The minimum Gasteiger partial charge on any atom is -0.497 e. The lowest BCUT2D eigenvalue weighted by Crippen LogP contribution is -2.66. The summed E-state index contributed by atoms with van der Waals surface area (Å²) in [5, 5.41) is 9.34. The van der Waals surface area contributed by atoms with Crippen LogP contribution in [0.25, 0.3) is 0 Å². The first-order valence-electron chi connectivity index (χ1n) is 15.5. The molecular formula is C37H44N2O4Si. The fourth-order valence-electron chi connectivity index (χ4n) is 6.33. The largest absolute Gasteiger partial charge is 0.497 e. The Hall–Kier alpha value is -4.07. The van der Waals surface area contributed by atoms with Gasteiger partial charge in [-0.25, -0.2) is 4.79 Å². The monoisotopic (exact) mass is 608 g/mol. The van der Waals surface area contributed by atoms with E-state index in [1.807, 2.05) is 48.5 Å². The van der Waals surface area contributed by atoms with E-state index in [9.17, 15) is 4.79 Å². The minimum absolute atomic E-state index is 0.0636. The molecule has 7 heteroatoms. The number of carbonyl (C=O) groups excluding carboxylic acids is 1. The maximum Gasteiger partial charge on any atom is 0.407 e. The summed E-state index contributed by atoms with van der Waals surface area (Å²) in [6.45, 7) is 7.80. The zero-order valence-corrected chi connectivity index (χ0v) is 27.2. The Balaban J connectivity index is 1.28. The van der Waals surface area contributed by atoms with Gasteiger partial charge in [0.2, 0.25) is 0 Å². The van der Waals surface area contributed by atoms with E-state index in [-0.39, 0.29) is 23.7 Å². The number of methoxy groups -OCH3 is 1. The number of anilines is 1. The molecule has 0 aliphatic carbocycles. The lowest BCUT2D eigenvalue weighted by Gasteiger charge is -2.43. The molecule has 1 aliphatic heterocycles. The van der Waals surface area contributed by atoms with E-state index in [2.05, 4.69) is 92.1 Å². The highest BCUT2D eigenvalue weighted by atomic mass is 28.4. The van der Waals surface area contributed by atoms with E-state index < -0.39 is 14.4 Å². The molecule has 2 N–H and O–H groups in total. The van der Waals surface area contributed by atoms with E-state index in [1.165, 1.54) is 10.4 Å². The number of nitrogens with one attached hydrogen (secondary N) is 2. The molecule has 0 aromatic heterocycles. The average molecular weight is 609 g/mol. The zero-order chi connectivity index (χ0) is 31.0. The van der Waals surface area contributed by atoms with Crippen LogP contribution in [-0.4, -0.2) is 34.2 Å². The van der Waals surface area contributed by atoms with Crippen LogP contribution < -0.4 is 25.7 Å². The molecule has 230 valence electrons. The number of rotatable bonds is 11. The summed E-state index contributed by atoms with van der Waals surface area (Å²) < 4.78 is 18.2. The molecule has 5 rings (SSSR count). The number of amides is 1. The van der Waals surface area contributed by atoms with Crippen LogP contribution in [0.4, 0.5) is 10.5 Å². The summed E-state index contributed by atoms with van der Waals surface area (Å²) in [5.41, 5.74) is 2.96. The smallest absolute Gasteiger partial charge is 0.407 e. The normalized spacial score (nSPS) is 16.4. The van der Waals surface area contributed by atoms with Crippen molar-refractivity contribution in [2.45, 2.75) is 63.8 Å².